The molecule has 1 aromatic rings. The second kappa shape index (κ2) is 5.40. The van der Waals surface area contributed by atoms with Crippen LogP contribution in [0.5, 0.6) is 5.75 Å². The summed E-state index contributed by atoms with van der Waals surface area (Å²) >= 11 is 3.56. The van der Waals surface area contributed by atoms with Gasteiger partial charge < -0.3 is 10.5 Å². The first kappa shape index (κ1) is 12.9. The van der Waals surface area contributed by atoms with Crippen molar-refractivity contribution in [2.24, 2.45) is 11.7 Å². The Balaban J connectivity index is 2.15. The Hall–Kier alpha value is -0.540. The van der Waals surface area contributed by atoms with Crippen LogP contribution in [0.4, 0.5) is 0 Å². The number of hydrogen-bond donors (Lipinski definition) is 1. The highest BCUT2D eigenvalue weighted by molar-refractivity contribution is 9.10. The molecule has 0 aromatic heterocycles. The Bertz CT molecular complexity index is 403. The first-order valence-electron chi connectivity index (χ1n) is 6.26. The van der Waals surface area contributed by atoms with E-state index in [0.717, 1.165) is 36.1 Å². The molecular weight excluding hydrogens is 278 g/mol. The van der Waals surface area contributed by atoms with Crippen LogP contribution in [0.25, 0.3) is 0 Å². The zero-order valence-electron chi connectivity index (χ0n) is 10.5. The lowest BCUT2D eigenvalue weighted by molar-refractivity contribution is 0.351. The molecule has 94 valence electrons. The number of nitrogens with two attached hydrogens (primary N) is 1. The Morgan fingerprint density at radius 3 is 2.88 bits per heavy atom. The fourth-order valence-corrected chi connectivity index (χ4v) is 3.02. The fraction of sp³-hybridized carbons (Fsp3) is 0.571. The molecule has 1 heterocycles. The number of hydrogen-bond acceptors (Lipinski definition) is 2. The van der Waals surface area contributed by atoms with Crippen molar-refractivity contribution in [1.82, 2.24) is 0 Å². The Morgan fingerprint density at radius 2 is 2.18 bits per heavy atom. The van der Waals surface area contributed by atoms with Gasteiger partial charge in [0.1, 0.15) is 5.75 Å². The van der Waals surface area contributed by atoms with Gasteiger partial charge in [-0.3, -0.25) is 0 Å². The molecule has 0 fully saturated rings. The fourth-order valence-electron chi connectivity index (χ4n) is 2.47. The zero-order chi connectivity index (χ0) is 12.4. The van der Waals surface area contributed by atoms with Crippen molar-refractivity contribution in [2.45, 2.75) is 39.2 Å². The van der Waals surface area contributed by atoms with E-state index in [9.17, 15) is 0 Å². The van der Waals surface area contributed by atoms with Crippen molar-refractivity contribution in [3.63, 3.8) is 0 Å². The van der Waals surface area contributed by atoms with E-state index >= 15 is 0 Å². The Labute approximate surface area is 112 Å². The highest BCUT2D eigenvalue weighted by atomic mass is 79.9. The number of halogens is 1. The van der Waals surface area contributed by atoms with Gasteiger partial charge in [-0.25, -0.2) is 0 Å². The van der Waals surface area contributed by atoms with Gasteiger partial charge in [-0.05, 0) is 42.0 Å². The quantitative estimate of drug-likeness (QED) is 0.925. The van der Waals surface area contributed by atoms with Gasteiger partial charge in [0.15, 0.2) is 0 Å². The molecule has 2 rings (SSSR count). The summed E-state index contributed by atoms with van der Waals surface area (Å²) < 4.78 is 6.85. The lowest BCUT2D eigenvalue weighted by Crippen LogP contribution is -2.24. The molecular formula is C14H20BrNO. The highest BCUT2D eigenvalue weighted by Gasteiger charge is 2.19. The molecule has 1 unspecified atom stereocenters. The summed E-state index contributed by atoms with van der Waals surface area (Å²) in [7, 11) is 0. The maximum absolute atomic E-state index is 6.18. The summed E-state index contributed by atoms with van der Waals surface area (Å²) in [5.41, 5.74) is 8.74. The largest absolute Gasteiger partial charge is 0.493 e. The van der Waals surface area contributed by atoms with Gasteiger partial charge in [0.2, 0.25) is 0 Å². The van der Waals surface area contributed by atoms with Crippen LogP contribution in [0.2, 0.25) is 0 Å². The van der Waals surface area contributed by atoms with E-state index in [1.165, 1.54) is 11.1 Å². The van der Waals surface area contributed by atoms with Crippen LogP contribution < -0.4 is 10.5 Å². The van der Waals surface area contributed by atoms with E-state index in [1.807, 2.05) is 0 Å². The zero-order valence-corrected chi connectivity index (χ0v) is 12.1. The van der Waals surface area contributed by atoms with Gasteiger partial charge in [0.25, 0.3) is 0 Å². The molecule has 3 heteroatoms. The minimum Gasteiger partial charge on any atom is -0.493 e. The third kappa shape index (κ3) is 3.23. The van der Waals surface area contributed by atoms with Crippen LogP contribution in [0.3, 0.4) is 0 Å². The summed E-state index contributed by atoms with van der Waals surface area (Å²) in [5, 5.41) is 0. The maximum Gasteiger partial charge on any atom is 0.125 e. The average molecular weight is 298 g/mol. The molecule has 0 aliphatic carbocycles. The maximum atomic E-state index is 6.18. The first-order chi connectivity index (χ1) is 8.06. The molecule has 1 aliphatic heterocycles. The second-order valence-electron chi connectivity index (χ2n) is 5.25. The van der Waals surface area contributed by atoms with Crippen LogP contribution in [-0.4, -0.2) is 12.6 Å². The molecule has 1 atom stereocenters. The summed E-state index contributed by atoms with van der Waals surface area (Å²) in [4.78, 5) is 0. The van der Waals surface area contributed by atoms with Crippen molar-refractivity contribution in [3.8, 4) is 5.75 Å². The smallest absolute Gasteiger partial charge is 0.125 e. The molecule has 0 spiro atoms. The summed E-state index contributed by atoms with van der Waals surface area (Å²) in [6.45, 7) is 5.22. The van der Waals surface area contributed by atoms with Crippen molar-refractivity contribution in [2.75, 3.05) is 6.61 Å². The van der Waals surface area contributed by atoms with Crippen molar-refractivity contribution in [1.29, 1.82) is 0 Å². The molecule has 0 amide bonds. The van der Waals surface area contributed by atoms with Crippen LogP contribution in [0.1, 0.15) is 31.4 Å². The minimum absolute atomic E-state index is 0.220. The van der Waals surface area contributed by atoms with Gasteiger partial charge in [-0.15, -0.1) is 0 Å². The van der Waals surface area contributed by atoms with Crippen LogP contribution in [-0.2, 0) is 12.8 Å². The van der Waals surface area contributed by atoms with E-state index in [1.54, 1.807) is 0 Å². The average Bonchev–Trinajstić information content (AvgIpc) is 2.63. The van der Waals surface area contributed by atoms with Gasteiger partial charge in [0, 0.05) is 16.9 Å². The highest BCUT2D eigenvalue weighted by Crippen LogP contribution is 2.33. The number of fused-ring (bicyclic) bond motifs is 1. The molecule has 0 radical (unpaired) electrons. The number of rotatable bonds is 4. The van der Waals surface area contributed by atoms with E-state index in [0.29, 0.717) is 5.92 Å². The first-order valence-corrected chi connectivity index (χ1v) is 7.05. The second-order valence-corrected chi connectivity index (χ2v) is 6.16. The molecule has 0 saturated heterocycles. The Kier molecular flexibility index (Phi) is 4.10. The lowest BCUT2D eigenvalue weighted by Gasteiger charge is -2.16. The van der Waals surface area contributed by atoms with Crippen molar-refractivity contribution < 1.29 is 4.74 Å². The molecule has 0 saturated carbocycles. The van der Waals surface area contributed by atoms with Crippen LogP contribution >= 0.6 is 15.9 Å². The van der Waals surface area contributed by atoms with Gasteiger partial charge >= 0.3 is 0 Å². The van der Waals surface area contributed by atoms with Gasteiger partial charge in [-0.2, -0.15) is 0 Å². The predicted molar refractivity (Wildman–Crippen MR) is 74.5 cm³/mol. The SMILES string of the molecule is CC(C)CC(N)Cc1cc(Br)cc2c1OCC2. The third-order valence-electron chi connectivity index (χ3n) is 3.08. The minimum atomic E-state index is 0.220. The monoisotopic (exact) mass is 297 g/mol. The predicted octanol–water partition coefficient (Wildman–Crippen LogP) is 3.30. The van der Waals surface area contributed by atoms with E-state index in [2.05, 4.69) is 41.9 Å². The third-order valence-corrected chi connectivity index (χ3v) is 3.54. The van der Waals surface area contributed by atoms with Crippen LogP contribution in [0, 0.1) is 5.92 Å². The van der Waals surface area contributed by atoms with Gasteiger partial charge in [0.05, 0.1) is 6.61 Å². The molecule has 2 nitrogen and oxygen atoms in total. The van der Waals surface area contributed by atoms with Crippen LogP contribution in [0.15, 0.2) is 16.6 Å². The summed E-state index contributed by atoms with van der Waals surface area (Å²) in [6, 6.07) is 4.52. The van der Waals surface area contributed by atoms with Crippen molar-refractivity contribution >= 4 is 15.9 Å². The van der Waals surface area contributed by atoms with Gasteiger partial charge in [-0.1, -0.05) is 29.8 Å². The molecule has 17 heavy (non-hydrogen) atoms. The lowest BCUT2D eigenvalue weighted by atomic mass is 9.96. The molecule has 2 N–H and O–H groups in total. The topological polar surface area (TPSA) is 35.2 Å². The van der Waals surface area contributed by atoms with E-state index in [-0.39, 0.29) is 6.04 Å². The molecule has 1 aromatic carbocycles. The number of ether oxygens (including phenoxy) is 1. The molecule has 1 aliphatic rings. The summed E-state index contributed by atoms with van der Waals surface area (Å²) in [5.74, 6) is 1.72. The van der Waals surface area contributed by atoms with E-state index in [4.69, 9.17) is 10.5 Å². The normalized spacial score (nSPS) is 15.8. The Morgan fingerprint density at radius 1 is 1.41 bits per heavy atom. The molecule has 0 bridgehead atoms. The summed E-state index contributed by atoms with van der Waals surface area (Å²) in [6.07, 6.45) is 2.97. The van der Waals surface area contributed by atoms with E-state index < -0.39 is 0 Å². The number of benzene rings is 1. The standard InChI is InChI=1S/C14H20BrNO/c1-9(2)5-13(16)8-11-7-12(15)6-10-3-4-17-14(10)11/h6-7,9,13H,3-5,8,16H2,1-2H3. The van der Waals surface area contributed by atoms with Crippen molar-refractivity contribution in [3.05, 3.63) is 27.7 Å².